The lowest BCUT2D eigenvalue weighted by atomic mass is 10.0. The van der Waals surface area contributed by atoms with E-state index in [4.69, 9.17) is 11.6 Å². The van der Waals surface area contributed by atoms with Gasteiger partial charge in [0.05, 0.1) is 22.0 Å². The molecule has 2 heterocycles. The average molecular weight is 553 g/mol. The van der Waals surface area contributed by atoms with Gasteiger partial charge in [0.2, 0.25) is 11.7 Å². The molecule has 3 aromatic rings. The monoisotopic (exact) mass is 552 g/mol. The van der Waals surface area contributed by atoms with Crippen molar-refractivity contribution >= 4 is 46.4 Å². The van der Waals surface area contributed by atoms with E-state index in [-0.39, 0.29) is 22.0 Å². The number of carbonyl (C=O) groups excluding carboxylic acids is 1. The minimum atomic E-state index is -1.49. The van der Waals surface area contributed by atoms with E-state index in [1.807, 2.05) is 43.3 Å². The average Bonchev–Trinajstić information content (AvgIpc) is 2.94. The zero-order valence-electron chi connectivity index (χ0n) is 21.8. The molecular weight excluding hydrogens is 523 g/mol. The lowest BCUT2D eigenvalue weighted by Gasteiger charge is -2.37. The van der Waals surface area contributed by atoms with Gasteiger partial charge in [-0.2, -0.15) is 0 Å². The minimum Gasteiger partial charge on any atom is -0.478 e. The van der Waals surface area contributed by atoms with Crippen LogP contribution in [0, 0.1) is 5.82 Å². The summed E-state index contributed by atoms with van der Waals surface area (Å²) in [7, 11) is 4.01. The summed E-state index contributed by atoms with van der Waals surface area (Å²) in [6.07, 6.45) is 4.19. The van der Waals surface area contributed by atoms with Crippen LogP contribution in [0.4, 0.5) is 27.4 Å². The molecule has 1 fully saturated rings. The Bertz CT molecular complexity index is 1360. The normalized spacial score (nSPS) is 13.5. The predicted molar refractivity (Wildman–Crippen MR) is 151 cm³/mol. The SMILES string of the molecule is C=C(C(=O)O)C(=O)c1cc(F)c(N2CCN(c3ncccn3)CC2)c(Cl)c1Nc1ccc(CCN(C)C)cc1. The van der Waals surface area contributed by atoms with Gasteiger partial charge in [-0.25, -0.2) is 19.2 Å². The highest BCUT2D eigenvalue weighted by Crippen LogP contribution is 2.41. The molecule has 0 spiro atoms. The molecule has 0 aliphatic carbocycles. The number of piperazine rings is 1. The van der Waals surface area contributed by atoms with Crippen molar-refractivity contribution in [2.45, 2.75) is 6.42 Å². The van der Waals surface area contributed by atoms with Crippen molar-refractivity contribution in [3.63, 3.8) is 0 Å². The fourth-order valence-electron chi connectivity index (χ4n) is 4.30. The second-order valence-electron chi connectivity index (χ2n) is 9.45. The van der Waals surface area contributed by atoms with Crippen molar-refractivity contribution in [2.24, 2.45) is 0 Å². The number of anilines is 4. The number of benzene rings is 2. The maximum Gasteiger partial charge on any atom is 0.339 e. The van der Waals surface area contributed by atoms with E-state index in [0.717, 1.165) is 24.6 Å². The van der Waals surface area contributed by atoms with Gasteiger partial charge in [0, 0.05) is 50.8 Å². The molecule has 0 amide bonds. The molecule has 9 nitrogen and oxygen atoms in total. The Morgan fingerprint density at radius 1 is 1.10 bits per heavy atom. The lowest BCUT2D eigenvalue weighted by Crippen LogP contribution is -2.47. The number of aromatic nitrogens is 2. The zero-order chi connectivity index (χ0) is 28.1. The first kappa shape index (κ1) is 28.0. The van der Waals surface area contributed by atoms with E-state index < -0.39 is 23.1 Å². The van der Waals surface area contributed by atoms with Crippen LogP contribution >= 0.6 is 11.6 Å². The topological polar surface area (TPSA) is 102 Å². The van der Waals surface area contributed by atoms with Gasteiger partial charge in [-0.3, -0.25) is 4.79 Å². The third-order valence-corrected chi connectivity index (χ3v) is 6.84. The van der Waals surface area contributed by atoms with Gasteiger partial charge in [0.15, 0.2) is 0 Å². The first-order valence-corrected chi connectivity index (χ1v) is 12.8. The number of hydrogen-bond acceptors (Lipinski definition) is 8. The third kappa shape index (κ3) is 6.52. The van der Waals surface area contributed by atoms with Gasteiger partial charge in [0.1, 0.15) is 11.4 Å². The molecule has 0 bridgehead atoms. The van der Waals surface area contributed by atoms with E-state index in [2.05, 4.69) is 26.8 Å². The Morgan fingerprint density at radius 2 is 1.72 bits per heavy atom. The zero-order valence-corrected chi connectivity index (χ0v) is 22.6. The van der Waals surface area contributed by atoms with E-state index in [1.54, 1.807) is 23.4 Å². The summed E-state index contributed by atoms with van der Waals surface area (Å²) in [5.41, 5.74) is 1.10. The molecule has 2 aromatic carbocycles. The van der Waals surface area contributed by atoms with Crippen molar-refractivity contribution < 1.29 is 19.1 Å². The van der Waals surface area contributed by atoms with Crippen molar-refractivity contribution in [1.29, 1.82) is 0 Å². The van der Waals surface area contributed by atoms with Gasteiger partial charge >= 0.3 is 5.97 Å². The van der Waals surface area contributed by atoms with Crippen LogP contribution in [-0.4, -0.2) is 78.5 Å². The number of aliphatic carboxylic acids is 1. The highest BCUT2D eigenvalue weighted by Gasteiger charge is 2.29. The molecule has 0 unspecified atom stereocenters. The number of carbonyl (C=O) groups is 2. The quantitative estimate of drug-likeness (QED) is 0.165. The lowest BCUT2D eigenvalue weighted by molar-refractivity contribution is -0.132. The van der Waals surface area contributed by atoms with E-state index in [0.29, 0.717) is 37.8 Å². The standard InChI is InChI=1S/C28H30ClFN6O3/c1-18(27(38)39)26(37)21-17-22(30)25(35-13-15-36(16-14-35)28-31-10-4-11-32-28)23(29)24(21)33-20-7-5-19(6-8-20)9-12-34(2)3/h4-8,10-11,17,33H,1,9,12-16H2,2-3H3,(H,38,39). The van der Waals surface area contributed by atoms with Crippen molar-refractivity contribution in [3.05, 3.63) is 82.9 Å². The summed E-state index contributed by atoms with van der Waals surface area (Å²) in [6, 6.07) is 10.3. The molecule has 204 valence electrons. The fraction of sp³-hybridized carbons (Fsp3) is 0.286. The molecule has 4 rings (SSSR count). The highest BCUT2D eigenvalue weighted by molar-refractivity contribution is 6.38. The van der Waals surface area contributed by atoms with Gasteiger partial charge in [0.25, 0.3) is 0 Å². The number of hydrogen-bond donors (Lipinski definition) is 2. The molecule has 1 saturated heterocycles. The van der Waals surface area contributed by atoms with Crippen LogP contribution in [0.3, 0.4) is 0 Å². The first-order chi connectivity index (χ1) is 18.7. The summed E-state index contributed by atoms with van der Waals surface area (Å²) >= 11 is 6.78. The number of Topliss-reactive ketones (excluding diaryl/α,β-unsaturated/α-hetero) is 1. The Labute approximate surface area is 231 Å². The molecule has 39 heavy (non-hydrogen) atoms. The van der Waals surface area contributed by atoms with E-state index >= 15 is 4.39 Å². The number of nitrogens with one attached hydrogen (secondary N) is 1. The maximum atomic E-state index is 15.5. The summed E-state index contributed by atoms with van der Waals surface area (Å²) in [5, 5.41) is 12.4. The van der Waals surface area contributed by atoms with Crippen LogP contribution in [-0.2, 0) is 11.2 Å². The summed E-state index contributed by atoms with van der Waals surface area (Å²) in [5.74, 6) is -2.55. The number of ketones is 1. The maximum absolute atomic E-state index is 15.5. The van der Waals surface area contributed by atoms with Gasteiger partial charge in [-0.1, -0.05) is 30.3 Å². The van der Waals surface area contributed by atoms with Crippen LogP contribution in [0.15, 0.2) is 60.9 Å². The van der Waals surface area contributed by atoms with Crippen LogP contribution in [0.1, 0.15) is 15.9 Å². The number of halogens is 2. The smallest absolute Gasteiger partial charge is 0.339 e. The molecule has 1 aromatic heterocycles. The summed E-state index contributed by atoms with van der Waals surface area (Å²) in [4.78, 5) is 38.9. The molecule has 1 aliphatic rings. The predicted octanol–water partition coefficient (Wildman–Crippen LogP) is 4.27. The number of nitrogens with zero attached hydrogens (tertiary/aromatic N) is 5. The molecule has 2 N–H and O–H groups in total. The van der Waals surface area contributed by atoms with Gasteiger partial charge in [-0.05, 0) is 50.3 Å². The van der Waals surface area contributed by atoms with E-state index in [1.165, 1.54) is 0 Å². The summed E-state index contributed by atoms with van der Waals surface area (Å²) in [6.45, 7) is 6.19. The Balaban J connectivity index is 1.65. The third-order valence-electron chi connectivity index (χ3n) is 6.47. The van der Waals surface area contributed by atoms with Crippen molar-refractivity contribution in [3.8, 4) is 0 Å². The molecule has 0 radical (unpaired) electrons. The molecule has 0 atom stereocenters. The van der Waals surface area contributed by atoms with E-state index in [9.17, 15) is 14.7 Å². The largest absolute Gasteiger partial charge is 0.478 e. The minimum absolute atomic E-state index is 0.0161. The Morgan fingerprint density at radius 3 is 2.31 bits per heavy atom. The van der Waals surface area contributed by atoms with Crippen LogP contribution in [0.2, 0.25) is 5.02 Å². The Kier molecular flexibility index (Phi) is 8.78. The van der Waals surface area contributed by atoms with Gasteiger partial charge < -0.3 is 25.1 Å². The molecule has 11 heteroatoms. The molecular formula is C28H30ClFN6O3. The summed E-state index contributed by atoms with van der Waals surface area (Å²) < 4.78 is 15.5. The number of carboxylic acids is 1. The van der Waals surface area contributed by atoms with Crippen molar-refractivity contribution in [2.75, 3.05) is 61.9 Å². The van der Waals surface area contributed by atoms with Crippen LogP contribution in [0.25, 0.3) is 0 Å². The Hall–Kier alpha value is -4.02. The second-order valence-corrected chi connectivity index (χ2v) is 9.83. The van der Waals surface area contributed by atoms with Crippen LogP contribution < -0.4 is 15.1 Å². The second kappa shape index (κ2) is 12.2. The first-order valence-electron chi connectivity index (χ1n) is 12.4. The van der Waals surface area contributed by atoms with Gasteiger partial charge in [-0.15, -0.1) is 0 Å². The highest BCUT2D eigenvalue weighted by atomic mass is 35.5. The number of carboxylic acid groups (broad SMARTS) is 1. The molecule has 1 aliphatic heterocycles. The molecule has 0 saturated carbocycles. The number of likely N-dealkylation sites (N-methyl/N-ethyl adjacent to an activating group) is 1. The van der Waals surface area contributed by atoms with Crippen molar-refractivity contribution in [1.82, 2.24) is 14.9 Å². The number of rotatable bonds is 10. The van der Waals surface area contributed by atoms with Crippen LogP contribution in [0.5, 0.6) is 0 Å². The fourth-order valence-corrected chi connectivity index (χ4v) is 4.65.